The lowest BCUT2D eigenvalue weighted by atomic mass is 10.1. The first-order chi connectivity index (χ1) is 14.5. The first-order valence-corrected chi connectivity index (χ1v) is 11.0. The van der Waals surface area contributed by atoms with E-state index >= 15 is 0 Å². The van der Waals surface area contributed by atoms with E-state index < -0.39 is 0 Å². The number of aryl methyl sites for hydroxylation is 1. The van der Waals surface area contributed by atoms with Gasteiger partial charge >= 0.3 is 0 Å². The third-order valence-corrected chi connectivity index (χ3v) is 6.52. The summed E-state index contributed by atoms with van der Waals surface area (Å²) in [5, 5.41) is 9.91. The van der Waals surface area contributed by atoms with Crippen LogP contribution in [0, 0.1) is 6.92 Å². The highest BCUT2D eigenvalue weighted by Crippen LogP contribution is 2.25. The van der Waals surface area contributed by atoms with E-state index in [9.17, 15) is 9.59 Å². The minimum atomic E-state index is -0.246. The number of carbonyl (C=O) groups excluding carboxylic acids is 2. The molecule has 0 aliphatic rings. The number of fused-ring (bicyclic) bond motifs is 1. The van der Waals surface area contributed by atoms with Gasteiger partial charge in [-0.3, -0.25) is 9.59 Å². The Hall–Kier alpha value is -3.29. The normalized spacial score (nSPS) is 11.5. The molecular weight excluding hydrogens is 414 g/mol. The Balaban J connectivity index is 1.47. The zero-order chi connectivity index (χ0) is 21.1. The third kappa shape index (κ3) is 4.32. The largest absolute Gasteiger partial charge is 0.321 e. The molecule has 0 aliphatic carbocycles. The molecule has 0 aliphatic heterocycles. The fourth-order valence-electron chi connectivity index (χ4n) is 2.98. The summed E-state index contributed by atoms with van der Waals surface area (Å²) in [4.78, 5) is 26.7. The number of nitrogens with one attached hydrogen (secondary N) is 2. The average molecular weight is 434 g/mol. The van der Waals surface area contributed by atoms with Crippen molar-refractivity contribution in [2.45, 2.75) is 13.8 Å². The molecule has 4 aromatic rings. The maximum atomic E-state index is 12.6. The second-order valence-electron chi connectivity index (χ2n) is 6.73. The molecule has 7 heteroatoms. The van der Waals surface area contributed by atoms with Crippen molar-refractivity contribution in [3.05, 3.63) is 86.9 Å². The van der Waals surface area contributed by atoms with Gasteiger partial charge in [0.2, 0.25) is 0 Å². The molecule has 0 unspecified atom stereocenters. The fraction of sp³-hybridized carbons (Fsp3) is 0.0870. The van der Waals surface area contributed by atoms with Gasteiger partial charge in [0, 0.05) is 26.0 Å². The van der Waals surface area contributed by atoms with Crippen molar-refractivity contribution in [2.24, 2.45) is 5.10 Å². The minimum absolute atomic E-state index is 0.141. The van der Waals surface area contributed by atoms with Gasteiger partial charge in [0.1, 0.15) is 0 Å². The van der Waals surface area contributed by atoms with Gasteiger partial charge in [0.05, 0.1) is 16.2 Å². The molecule has 0 spiro atoms. The van der Waals surface area contributed by atoms with Crippen LogP contribution in [0.4, 0.5) is 5.69 Å². The molecular formula is C23H19N3O2S2. The summed E-state index contributed by atoms with van der Waals surface area (Å²) in [5.74, 6) is -0.387. The molecule has 2 aromatic carbocycles. The lowest BCUT2D eigenvalue weighted by molar-refractivity contribution is 0.0956. The Labute approximate surface area is 182 Å². The van der Waals surface area contributed by atoms with Gasteiger partial charge in [-0.25, -0.2) is 5.43 Å². The summed E-state index contributed by atoms with van der Waals surface area (Å²) in [6, 6.07) is 18.9. The standard InChI is InChI=1S/C23H19N3O2S2/c1-14-10-11-21(30-14)23(28)24-17-7-5-6-16(12-17)15(2)25-26-22(27)19-13-29-20-9-4-3-8-18(19)20/h3-13H,1-2H3,(H,24,28)(H,26,27)/b25-15+. The smallest absolute Gasteiger partial charge is 0.272 e. The molecule has 2 amide bonds. The van der Waals surface area contributed by atoms with Crippen molar-refractivity contribution in [2.75, 3.05) is 5.32 Å². The molecule has 2 N–H and O–H groups in total. The molecule has 2 heterocycles. The van der Waals surface area contributed by atoms with Crippen molar-refractivity contribution in [3.63, 3.8) is 0 Å². The molecule has 0 saturated heterocycles. The van der Waals surface area contributed by atoms with Crippen molar-refractivity contribution >= 4 is 56.0 Å². The number of amides is 2. The van der Waals surface area contributed by atoms with Crippen LogP contribution in [0.3, 0.4) is 0 Å². The Morgan fingerprint density at radius 3 is 2.60 bits per heavy atom. The first kappa shape index (κ1) is 20.0. The molecule has 150 valence electrons. The number of anilines is 1. The Kier molecular flexibility index (Phi) is 5.74. The van der Waals surface area contributed by atoms with E-state index in [0.717, 1.165) is 20.5 Å². The fourth-order valence-corrected chi connectivity index (χ4v) is 4.69. The Bertz CT molecular complexity index is 1270. The number of thiophene rings is 2. The maximum absolute atomic E-state index is 12.6. The van der Waals surface area contributed by atoms with Gasteiger partial charge < -0.3 is 5.32 Å². The van der Waals surface area contributed by atoms with E-state index in [2.05, 4.69) is 15.8 Å². The van der Waals surface area contributed by atoms with Crippen LogP contribution in [0.25, 0.3) is 10.1 Å². The predicted molar refractivity (Wildman–Crippen MR) is 125 cm³/mol. The quantitative estimate of drug-likeness (QED) is 0.314. The van der Waals surface area contributed by atoms with Crippen LogP contribution in [-0.4, -0.2) is 17.5 Å². The molecule has 2 aromatic heterocycles. The van der Waals surface area contributed by atoms with E-state index in [1.165, 1.54) is 22.7 Å². The minimum Gasteiger partial charge on any atom is -0.321 e. The number of carbonyl (C=O) groups is 2. The third-order valence-electron chi connectivity index (χ3n) is 4.55. The first-order valence-electron chi connectivity index (χ1n) is 9.30. The highest BCUT2D eigenvalue weighted by Gasteiger charge is 2.12. The van der Waals surface area contributed by atoms with E-state index in [0.29, 0.717) is 21.8 Å². The van der Waals surface area contributed by atoms with Crippen molar-refractivity contribution in [3.8, 4) is 0 Å². The van der Waals surface area contributed by atoms with Crippen molar-refractivity contribution in [1.82, 2.24) is 5.43 Å². The monoisotopic (exact) mass is 433 g/mol. The van der Waals surface area contributed by atoms with Gasteiger partial charge in [-0.1, -0.05) is 30.3 Å². The van der Waals surface area contributed by atoms with Gasteiger partial charge in [-0.15, -0.1) is 22.7 Å². The number of hydrogen-bond acceptors (Lipinski definition) is 5. The highest BCUT2D eigenvalue weighted by atomic mass is 32.1. The molecule has 0 bridgehead atoms. The summed E-state index contributed by atoms with van der Waals surface area (Å²) in [7, 11) is 0. The van der Waals surface area contributed by atoms with Crippen LogP contribution >= 0.6 is 22.7 Å². The van der Waals surface area contributed by atoms with Crippen LogP contribution in [-0.2, 0) is 0 Å². The van der Waals surface area contributed by atoms with Crippen molar-refractivity contribution in [1.29, 1.82) is 0 Å². The van der Waals surface area contributed by atoms with Crippen LogP contribution in [0.2, 0.25) is 0 Å². The number of nitrogens with zero attached hydrogens (tertiary/aromatic N) is 1. The van der Waals surface area contributed by atoms with Crippen molar-refractivity contribution < 1.29 is 9.59 Å². The molecule has 30 heavy (non-hydrogen) atoms. The summed E-state index contributed by atoms with van der Waals surface area (Å²) in [6.45, 7) is 3.78. The highest BCUT2D eigenvalue weighted by molar-refractivity contribution is 7.17. The molecule has 0 saturated carbocycles. The zero-order valence-corrected chi connectivity index (χ0v) is 18.1. The topological polar surface area (TPSA) is 70.6 Å². The number of hydrogen-bond donors (Lipinski definition) is 2. The number of rotatable bonds is 5. The zero-order valence-electron chi connectivity index (χ0n) is 16.4. The molecule has 0 fully saturated rings. The van der Waals surface area contributed by atoms with Gasteiger partial charge in [0.15, 0.2) is 0 Å². The van der Waals surface area contributed by atoms with Gasteiger partial charge in [0.25, 0.3) is 11.8 Å². The molecule has 5 nitrogen and oxygen atoms in total. The van der Waals surface area contributed by atoms with E-state index in [4.69, 9.17) is 0 Å². The maximum Gasteiger partial charge on any atom is 0.272 e. The van der Waals surface area contributed by atoms with Crippen LogP contribution < -0.4 is 10.7 Å². The van der Waals surface area contributed by atoms with Gasteiger partial charge in [-0.05, 0) is 49.7 Å². The summed E-state index contributed by atoms with van der Waals surface area (Å²) < 4.78 is 1.06. The molecule has 0 radical (unpaired) electrons. The SMILES string of the molecule is C/C(=N\NC(=O)c1csc2ccccc12)c1cccc(NC(=O)c2ccc(C)s2)c1. The van der Waals surface area contributed by atoms with Crippen LogP contribution in [0.1, 0.15) is 37.4 Å². The van der Waals surface area contributed by atoms with E-state index in [1.807, 2.05) is 79.9 Å². The second kappa shape index (κ2) is 8.61. The molecule has 0 atom stereocenters. The van der Waals surface area contributed by atoms with E-state index in [-0.39, 0.29) is 11.8 Å². The Morgan fingerprint density at radius 1 is 0.967 bits per heavy atom. The van der Waals surface area contributed by atoms with E-state index in [1.54, 1.807) is 0 Å². The molecule has 4 rings (SSSR count). The average Bonchev–Trinajstić information content (AvgIpc) is 3.38. The lowest BCUT2D eigenvalue weighted by Crippen LogP contribution is -2.19. The summed E-state index contributed by atoms with van der Waals surface area (Å²) in [6.07, 6.45) is 0. The van der Waals surface area contributed by atoms with Crippen LogP contribution in [0.15, 0.2) is 71.1 Å². The summed E-state index contributed by atoms with van der Waals surface area (Å²) >= 11 is 2.99. The predicted octanol–water partition coefficient (Wildman–Crippen LogP) is 5.68. The number of benzene rings is 2. The van der Waals surface area contributed by atoms with Gasteiger partial charge in [-0.2, -0.15) is 5.10 Å². The Morgan fingerprint density at radius 2 is 1.80 bits per heavy atom. The van der Waals surface area contributed by atoms with Crippen LogP contribution in [0.5, 0.6) is 0 Å². The second-order valence-corrected chi connectivity index (χ2v) is 8.93. The lowest BCUT2D eigenvalue weighted by Gasteiger charge is -2.07. The number of hydrazone groups is 1. The summed E-state index contributed by atoms with van der Waals surface area (Å²) in [5.41, 5.74) is 5.37.